The fraction of sp³-hybridized carbons (Fsp3) is 0.379. The van der Waals surface area contributed by atoms with Crippen molar-refractivity contribution in [2.75, 3.05) is 11.8 Å². The molecule has 1 heterocycles. The third kappa shape index (κ3) is 5.24. The zero-order valence-electron chi connectivity index (χ0n) is 22.5. The first-order chi connectivity index (χ1) is 17.7. The van der Waals surface area contributed by atoms with Gasteiger partial charge in [0.15, 0.2) is 17.2 Å². The van der Waals surface area contributed by atoms with E-state index in [2.05, 4.69) is 25.5 Å². The summed E-state index contributed by atoms with van der Waals surface area (Å²) in [7, 11) is -2.41. The van der Waals surface area contributed by atoms with Crippen LogP contribution in [0.1, 0.15) is 72.9 Å². The van der Waals surface area contributed by atoms with Crippen molar-refractivity contribution in [1.82, 2.24) is 0 Å². The van der Waals surface area contributed by atoms with E-state index in [1.807, 2.05) is 19.1 Å². The Balaban J connectivity index is 1.68. The summed E-state index contributed by atoms with van der Waals surface area (Å²) >= 11 is 6.41. The van der Waals surface area contributed by atoms with E-state index in [4.69, 9.17) is 16.3 Å². The Morgan fingerprint density at radius 2 is 1.74 bits per heavy atom. The third-order valence-corrected chi connectivity index (χ3v) is 9.12. The van der Waals surface area contributed by atoms with E-state index < -0.39 is 10.0 Å². The maximum atomic E-state index is 13.3. The van der Waals surface area contributed by atoms with Crippen LogP contribution in [0.2, 0.25) is 5.02 Å². The zero-order chi connectivity index (χ0) is 28.0. The first-order valence-electron chi connectivity index (χ1n) is 12.5. The van der Waals surface area contributed by atoms with E-state index >= 15 is 0 Å². The number of Topliss-reactive ketones (excluding diaryl/α,β-unsaturated/α-hetero) is 1. The quantitative estimate of drug-likeness (QED) is 0.299. The van der Waals surface area contributed by atoms with Crippen LogP contribution in [0.25, 0.3) is 0 Å². The van der Waals surface area contributed by atoms with Gasteiger partial charge in [-0.05, 0) is 59.2 Å². The molecule has 0 saturated carbocycles. The maximum absolute atomic E-state index is 13.3. The average molecular weight is 557 g/mol. The molecule has 2 unspecified atom stereocenters. The highest BCUT2D eigenvalue weighted by atomic mass is 35.5. The van der Waals surface area contributed by atoms with E-state index in [0.717, 1.165) is 10.3 Å². The minimum atomic E-state index is -3.92. The van der Waals surface area contributed by atoms with Crippen molar-refractivity contribution in [2.24, 2.45) is 5.92 Å². The molecule has 0 spiro atoms. The van der Waals surface area contributed by atoms with Gasteiger partial charge in [0.2, 0.25) is 5.69 Å². The standard InChI is InChI=1S/C29H33ClN2O5S/c1-17(25-13-14-27(37-6)18(2)32(25)34)19-15-22-24(12-11-23(30)28(22)26(33)16-19)31-38(35,36)21-9-7-20(8-10-21)29(3,4)5/h7-14,17,19,31H,15-16H2,1-6H3. The van der Waals surface area contributed by atoms with Gasteiger partial charge in [-0.25, -0.2) is 8.42 Å². The van der Waals surface area contributed by atoms with Gasteiger partial charge in [0, 0.05) is 30.9 Å². The lowest BCUT2D eigenvalue weighted by molar-refractivity contribution is -0.623. The lowest BCUT2D eigenvalue weighted by Crippen LogP contribution is -2.39. The summed E-state index contributed by atoms with van der Waals surface area (Å²) in [6.45, 7) is 9.77. The van der Waals surface area contributed by atoms with Crippen molar-refractivity contribution in [3.05, 3.63) is 86.8 Å². The van der Waals surface area contributed by atoms with Crippen molar-refractivity contribution in [1.29, 1.82) is 0 Å². The van der Waals surface area contributed by atoms with Crippen molar-refractivity contribution < 1.29 is 22.7 Å². The number of rotatable bonds is 6. The van der Waals surface area contributed by atoms with E-state index in [9.17, 15) is 18.4 Å². The van der Waals surface area contributed by atoms with Gasteiger partial charge in [0.25, 0.3) is 10.0 Å². The number of hydrogen-bond donors (Lipinski definition) is 1. The van der Waals surface area contributed by atoms with Crippen LogP contribution in [0.15, 0.2) is 53.4 Å². The predicted octanol–water partition coefficient (Wildman–Crippen LogP) is 5.94. The van der Waals surface area contributed by atoms with Crippen LogP contribution in [0.5, 0.6) is 5.75 Å². The molecule has 38 heavy (non-hydrogen) atoms. The second-order valence-corrected chi connectivity index (χ2v) is 13.0. The monoisotopic (exact) mass is 556 g/mol. The molecule has 1 N–H and O–H groups in total. The van der Waals surface area contributed by atoms with Crippen LogP contribution in [0, 0.1) is 18.0 Å². The highest BCUT2D eigenvalue weighted by molar-refractivity contribution is 7.92. The van der Waals surface area contributed by atoms with Gasteiger partial charge in [-0.2, -0.15) is 4.73 Å². The van der Waals surface area contributed by atoms with Gasteiger partial charge in [0.05, 0.1) is 22.7 Å². The summed E-state index contributed by atoms with van der Waals surface area (Å²) in [6, 6.07) is 13.4. The molecule has 7 nitrogen and oxygen atoms in total. The molecule has 2 atom stereocenters. The Morgan fingerprint density at radius 1 is 1.08 bits per heavy atom. The van der Waals surface area contributed by atoms with Crippen LogP contribution < -0.4 is 14.2 Å². The molecule has 1 aromatic heterocycles. The minimum absolute atomic E-state index is 0.109. The van der Waals surface area contributed by atoms with Crippen molar-refractivity contribution >= 4 is 33.1 Å². The van der Waals surface area contributed by atoms with Gasteiger partial charge in [-0.15, -0.1) is 0 Å². The van der Waals surface area contributed by atoms with Crippen LogP contribution in [0.4, 0.5) is 5.69 Å². The highest BCUT2D eigenvalue weighted by Crippen LogP contribution is 2.41. The first-order valence-corrected chi connectivity index (χ1v) is 14.4. The van der Waals surface area contributed by atoms with Crippen LogP contribution >= 0.6 is 11.6 Å². The molecule has 4 rings (SSSR count). The van der Waals surface area contributed by atoms with Crippen molar-refractivity contribution in [2.45, 2.75) is 63.7 Å². The summed E-state index contributed by atoms with van der Waals surface area (Å²) in [4.78, 5) is 13.4. The second-order valence-electron chi connectivity index (χ2n) is 10.9. The van der Waals surface area contributed by atoms with Crippen molar-refractivity contribution in [3.8, 4) is 5.75 Å². The summed E-state index contributed by atoms with van der Waals surface area (Å²) in [5, 5.41) is 13.2. The molecule has 0 aliphatic heterocycles. The second kappa shape index (κ2) is 10.2. The van der Waals surface area contributed by atoms with Crippen molar-refractivity contribution in [3.63, 3.8) is 0 Å². The molecule has 0 amide bonds. The number of nitrogens with zero attached hydrogens (tertiary/aromatic N) is 1. The Morgan fingerprint density at radius 3 is 2.34 bits per heavy atom. The number of nitrogens with one attached hydrogen (secondary N) is 1. The zero-order valence-corrected chi connectivity index (χ0v) is 24.0. The number of carbonyl (C=O) groups is 1. The maximum Gasteiger partial charge on any atom is 0.261 e. The molecule has 202 valence electrons. The highest BCUT2D eigenvalue weighted by Gasteiger charge is 2.36. The number of aromatic nitrogens is 1. The normalized spacial score (nSPS) is 16.6. The molecule has 2 aromatic carbocycles. The molecule has 9 heteroatoms. The number of hydrogen-bond acceptors (Lipinski definition) is 5. The van der Waals surface area contributed by atoms with Gasteiger partial charge < -0.3 is 9.94 Å². The molecule has 0 bridgehead atoms. The Bertz CT molecular complexity index is 1490. The number of fused-ring (bicyclic) bond motifs is 1. The van der Waals surface area contributed by atoms with E-state index in [-0.39, 0.29) is 39.4 Å². The lowest BCUT2D eigenvalue weighted by Gasteiger charge is -2.30. The Kier molecular flexibility index (Phi) is 7.51. The molecule has 1 aliphatic carbocycles. The largest absolute Gasteiger partial charge is 0.618 e. The SMILES string of the molecule is COc1ccc(C(C)C2CC(=O)c3c(Cl)ccc(NS(=O)(=O)c4ccc(C(C)(C)C)cc4)c3C2)[n+]([O-])c1C. The minimum Gasteiger partial charge on any atom is -0.618 e. The summed E-state index contributed by atoms with van der Waals surface area (Å²) in [5.41, 5.74) is 3.06. The number of ketones is 1. The molecule has 0 fully saturated rings. The number of carbonyl (C=O) groups excluding carboxylic acids is 1. The summed E-state index contributed by atoms with van der Waals surface area (Å²) in [5.74, 6) is -0.190. The average Bonchev–Trinajstić information content (AvgIpc) is 2.86. The first kappa shape index (κ1) is 27.9. The lowest BCUT2D eigenvalue weighted by atomic mass is 9.75. The topological polar surface area (TPSA) is 99.4 Å². The molecule has 0 radical (unpaired) electrons. The Hall–Kier alpha value is -3.10. The number of sulfonamides is 1. The molecule has 0 saturated heterocycles. The Labute approximate surface area is 229 Å². The smallest absolute Gasteiger partial charge is 0.261 e. The number of ether oxygens (including phenoxy) is 1. The summed E-state index contributed by atoms with van der Waals surface area (Å²) < 4.78 is 35.4. The number of pyridine rings is 1. The number of anilines is 1. The fourth-order valence-corrected chi connectivity index (χ4v) is 6.41. The predicted molar refractivity (Wildman–Crippen MR) is 149 cm³/mol. The van der Waals surface area contributed by atoms with Gasteiger partial charge in [-0.3, -0.25) is 9.52 Å². The van der Waals surface area contributed by atoms with E-state index in [1.165, 1.54) is 7.11 Å². The van der Waals surface area contributed by atoms with Crippen LogP contribution in [0.3, 0.4) is 0 Å². The fourth-order valence-electron chi connectivity index (χ4n) is 5.03. The van der Waals surface area contributed by atoms with E-state index in [0.29, 0.717) is 40.4 Å². The van der Waals surface area contributed by atoms with Gasteiger partial charge in [-0.1, -0.05) is 51.4 Å². The summed E-state index contributed by atoms with van der Waals surface area (Å²) in [6.07, 6.45) is 0.581. The van der Waals surface area contributed by atoms with Crippen LogP contribution in [-0.2, 0) is 21.9 Å². The van der Waals surface area contributed by atoms with Gasteiger partial charge in [0.1, 0.15) is 0 Å². The van der Waals surface area contributed by atoms with Gasteiger partial charge >= 0.3 is 0 Å². The van der Waals surface area contributed by atoms with E-state index in [1.54, 1.807) is 43.3 Å². The number of halogens is 1. The third-order valence-electron chi connectivity index (χ3n) is 7.42. The number of benzene rings is 2. The molecule has 1 aliphatic rings. The molecule has 3 aromatic rings. The molecular formula is C29H33ClN2O5S. The van der Waals surface area contributed by atoms with Crippen LogP contribution in [-0.4, -0.2) is 21.3 Å². The number of methoxy groups -OCH3 is 1. The molecular weight excluding hydrogens is 524 g/mol.